The number of hydrogen-bond donors (Lipinski definition) is 1. The summed E-state index contributed by atoms with van der Waals surface area (Å²) in [5.74, 6) is 0.746. The normalized spacial score (nSPS) is 16.8. The molecule has 2 rings (SSSR count). The fraction of sp³-hybridized carbons (Fsp3) is 0.533. The average Bonchev–Trinajstić information content (AvgIpc) is 2.32. The van der Waals surface area contributed by atoms with Crippen molar-refractivity contribution >= 4 is 22.0 Å². The first kappa shape index (κ1) is 16.1. The Morgan fingerprint density at radius 2 is 1.95 bits per heavy atom. The van der Waals surface area contributed by atoms with E-state index in [1.54, 1.807) is 0 Å². The van der Waals surface area contributed by atoms with Gasteiger partial charge in [0.2, 0.25) is 0 Å². The predicted molar refractivity (Wildman–Crippen MR) is 82.6 cm³/mol. The fourth-order valence-electron chi connectivity index (χ4n) is 1.81. The molecule has 1 heterocycles. The van der Waals surface area contributed by atoms with Crippen molar-refractivity contribution in [2.75, 3.05) is 19.8 Å². The number of carbonyl (C=O) groups is 1. The molecule has 1 aromatic rings. The van der Waals surface area contributed by atoms with Crippen molar-refractivity contribution < 1.29 is 19.0 Å². The Labute approximate surface area is 133 Å². The summed E-state index contributed by atoms with van der Waals surface area (Å²) in [5.41, 5.74) is -1.04. The molecule has 1 aliphatic rings. The highest BCUT2D eigenvalue weighted by atomic mass is 79.9. The first-order valence-corrected chi connectivity index (χ1v) is 7.55. The van der Waals surface area contributed by atoms with Crippen molar-refractivity contribution in [2.24, 2.45) is 0 Å². The molecule has 6 heteroatoms. The molecule has 1 saturated heterocycles. The Kier molecular flexibility index (Phi) is 4.78. The first-order chi connectivity index (χ1) is 9.78. The van der Waals surface area contributed by atoms with Gasteiger partial charge in [-0.1, -0.05) is 15.9 Å². The Bertz CT molecular complexity index is 491. The topological polar surface area (TPSA) is 56.8 Å². The zero-order chi connectivity index (χ0) is 15.5. The minimum atomic E-state index is -0.525. The van der Waals surface area contributed by atoms with Gasteiger partial charge in [-0.05, 0) is 45.0 Å². The summed E-state index contributed by atoms with van der Waals surface area (Å²) in [5, 5.41) is 2.85. The predicted octanol–water partition coefficient (Wildman–Crippen LogP) is 3.12. The van der Waals surface area contributed by atoms with E-state index in [1.807, 2.05) is 45.0 Å². The summed E-state index contributed by atoms with van der Waals surface area (Å²) >= 11 is 3.37. The number of ether oxygens (including phenoxy) is 3. The summed E-state index contributed by atoms with van der Waals surface area (Å²) in [6, 6.07) is 7.54. The molecule has 0 atom stereocenters. The largest absolute Gasteiger partial charge is 0.491 e. The van der Waals surface area contributed by atoms with Gasteiger partial charge < -0.3 is 19.5 Å². The van der Waals surface area contributed by atoms with Crippen LogP contribution in [0.3, 0.4) is 0 Å². The van der Waals surface area contributed by atoms with E-state index in [2.05, 4.69) is 21.2 Å². The molecule has 1 N–H and O–H groups in total. The summed E-state index contributed by atoms with van der Waals surface area (Å²) < 4.78 is 17.2. The number of carbonyl (C=O) groups excluding carboxylic acids is 1. The number of amides is 1. The Morgan fingerprint density at radius 3 is 2.43 bits per heavy atom. The van der Waals surface area contributed by atoms with Crippen LogP contribution in [0.1, 0.15) is 20.8 Å². The number of nitrogens with one attached hydrogen (secondary N) is 1. The summed E-state index contributed by atoms with van der Waals surface area (Å²) in [4.78, 5) is 11.9. The molecule has 1 amide bonds. The minimum Gasteiger partial charge on any atom is -0.491 e. The first-order valence-electron chi connectivity index (χ1n) is 6.75. The van der Waals surface area contributed by atoms with E-state index >= 15 is 0 Å². The van der Waals surface area contributed by atoms with Crippen LogP contribution in [0.15, 0.2) is 28.7 Å². The second kappa shape index (κ2) is 6.23. The lowest BCUT2D eigenvalue weighted by molar-refractivity contribution is -0.0929. The van der Waals surface area contributed by atoms with E-state index in [0.29, 0.717) is 19.8 Å². The van der Waals surface area contributed by atoms with E-state index in [0.717, 1.165) is 10.2 Å². The molecular weight excluding hydrogens is 338 g/mol. The third-order valence-electron chi connectivity index (χ3n) is 2.85. The molecule has 1 aliphatic heterocycles. The lowest BCUT2D eigenvalue weighted by atomic mass is 9.99. The summed E-state index contributed by atoms with van der Waals surface area (Å²) in [7, 11) is 0. The third-order valence-corrected chi connectivity index (χ3v) is 3.38. The van der Waals surface area contributed by atoms with Gasteiger partial charge in [-0.3, -0.25) is 0 Å². The van der Waals surface area contributed by atoms with Crippen molar-refractivity contribution in [3.05, 3.63) is 28.7 Å². The Morgan fingerprint density at radius 1 is 1.33 bits per heavy atom. The van der Waals surface area contributed by atoms with Crippen LogP contribution in [0.25, 0.3) is 0 Å². The molecule has 0 aromatic heterocycles. The standard InChI is InChI=1S/C15H20BrNO4/c1-14(2,3)21-13(18)17-15(8-19-9-15)10-20-12-6-4-11(16)5-7-12/h4-7H,8-10H2,1-3H3,(H,17,18). The van der Waals surface area contributed by atoms with E-state index in [4.69, 9.17) is 14.2 Å². The minimum absolute atomic E-state index is 0.341. The van der Waals surface area contributed by atoms with E-state index in [-0.39, 0.29) is 0 Å². The van der Waals surface area contributed by atoms with Gasteiger partial charge in [0.25, 0.3) is 0 Å². The van der Waals surface area contributed by atoms with Crippen LogP contribution in [0, 0.1) is 0 Å². The van der Waals surface area contributed by atoms with Gasteiger partial charge in [0.05, 0.1) is 13.2 Å². The lowest BCUT2D eigenvalue weighted by Gasteiger charge is -2.41. The molecule has 0 saturated carbocycles. The van der Waals surface area contributed by atoms with Crippen LogP contribution in [0.4, 0.5) is 4.79 Å². The SMILES string of the molecule is CC(C)(C)OC(=O)NC1(COc2ccc(Br)cc2)COC1. The van der Waals surface area contributed by atoms with Gasteiger partial charge in [-0.15, -0.1) is 0 Å². The van der Waals surface area contributed by atoms with Crippen molar-refractivity contribution in [1.29, 1.82) is 0 Å². The molecular formula is C15H20BrNO4. The molecule has 5 nitrogen and oxygen atoms in total. The maximum absolute atomic E-state index is 11.9. The van der Waals surface area contributed by atoms with Crippen molar-refractivity contribution in [3.8, 4) is 5.75 Å². The zero-order valence-corrected chi connectivity index (χ0v) is 14.0. The maximum Gasteiger partial charge on any atom is 0.408 e. The van der Waals surface area contributed by atoms with Crippen LogP contribution < -0.4 is 10.1 Å². The summed E-state index contributed by atoms with van der Waals surface area (Å²) in [6.45, 7) is 6.66. The number of hydrogen-bond acceptors (Lipinski definition) is 4. The second-order valence-electron chi connectivity index (χ2n) is 6.14. The monoisotopic (exact) mass is 357 g/mol. The highest BCUT2D eigenvalue weighted by Gasteiger charge is 2.42. The van der Waals surface area contributed by atoms with Crippen LogP contribution in [-0.2, 0) is 9.47 Å². The maximum atomic E-state index is 11.9. The third kappa shape index (κ3) is 4.89. The van der Waals surface area contributed by atoms with Crippen LogP contribution >= 0.6 is 15.9 Å². The van der Waals surface area contributed by atoms with Crippen LogP contribution in [0.5, 0.6) is 5.75 Å². The Hall–Kier alpha value is -1.27. The average molecular weight is 358 g/mol. The molecule has 1 fully saturated rings. The van der Waals surface area contributed by atoms with E-state index in [1.165, 1.54) is 0 Å². The van der Waals surface area contributed by atoms with Gasteiger partial charge in [0.15, 0.2) is 0 Å². The van der Waals surface area contributed by atoms with Crippen molar-refractivity contribution in [1.82, 2.24) is 5.32 Å². The van der Waals surface area contributed by atoms with Crippen molar-refractivity contribution in [2.45, 2.75) is 31.9 Å². The molecule has 0 radical (unpaired) electrons. The number of benzene rings is 1. The zero-order valence-electron chi connectivity index (χ0n) is 12.4. The molecule has 0 bridgehead atoms. The lowest BCUT2D eigenvalue weighted by Crippen LogP contribution is -2.66. The Balaban J connectivity index is 1.89. The molecule has 0 spiro atoms. The van der Waals surface area contributed by atoms with E-state index < -0.39 is 17.2 Å². The number of halogens is 1. The molecule has 0 aliphatic carbocycles. The highest BCUT2D eigenvalue weighted by molar-refractivity contribution is 9.10. The molecule has 0 unspecified atom stereocenters. The van der Waals surface area contributed by atoms with Crippen molar-refractivity contribution in [3.63, 3.8) is 0 Å². The molecule has 116 valence electrons. The number of alkyl carbamates (subject to hydrolysis) is 1. The smallest absolute Gasteiger partial charge is 0.408 e. The number of rotatable bonds is 4. The van der Waals surface area contributed by atoms with E-state index in [9.17, 15) is 4.79 Å². The molecule has 21 heavy (non-hydrogen) atoms. The van der Waals surface area contributed by atoms with Gasteiger partial charge in [-0.25, -0.2) is 4.79 Å². The highest BCUT2D eigenvalue weighted by Crippen LogP contribution is 2.22. The van der Waals surface area contributed by atoms with Gasteiger partial charge >= 0.3 is 6.09 Å². The van der Waals surface area contributed by atoms with Crippen LogP contribution in [-0.4, -0.2) is 37.1 Å². The quantitative estimate of drug-likeness (QED) is 0.899. The van der Waals surface area contributed by atoms with Gasteiger partial charge in [-0.2, -0.15) is 0 Å². The second-order valence-corrected chi connectivity index (χ2v) is 7.06. The summed E-state index contributed by atoms with van der Waals surface area (Å²) in [6.07, 6.45) is -0.454. The van der Waals surface area contributed by atoms with Gasteiger partial charge in [0.1, 0.15) is 23.5 Å². The van der Waals surface area contributed by atoms with Gasteiger partial charge in [0, 0.05) is 4.47 Å². The fourth-order valence-corrected chi connectivity index (χ4v) is 2.08. The van der Waals surface area contributed by atoms with Crippen LogP contribution in [0.2, 0.25) is 0 Å². The molecule has 1 aromatic carbocycles.